The Balaban J connectivity index is 1.81. The SMILES string of the molecule is CCOC(=O)C1=C(c2ccccc2)N=c2s/c(=C\c3cc(Br)cc(I)c3OC(C)C)c(=O)n2[C@@H]1c1ccc(OCC)cc1. The van der Waals surface area contributed by atoms with Gasteiger partial charge in [-0.2, -0.15) is 0 Å². The molecule has 5 rings (SSSR count). The molecule has 1 aromatic heterocycles. The topological polar surface area (TPSA) is 79.1 Å². The summed E-state index contributed by atoms with van der Waals surface area (Å²) in [6.07, 6.45) is 1.78. The summed E-state index contributed by atoms with van der Waals surface area (Å²) in [6, 6.07) is 20.1. The number of fused-ring (bicyclic) bond motifs is 1. The first-order valence-corrected chi connectivity index (χ1v) is 16.6. The predicted octanol–water partition coefficient (Wildman–Crippen LogP) is 6.49. The molecule has 0 radical (unpaired) electrons. The lowest BCUT2D eigenvalue weighted by Gasteiger charge is -2.26. The fourth-order valence-corrected chi connectivity index (χ4v) is 7.53. The highest BCUT2D eigenvalue weighted by atomic mass is 127. The highest BCUT2D eigenvalue weighted by Gasteiger charge is 2.35. The van der Waals surface area contributed by atoms with Crippen LogP contribution in [0.25, 0.3) is 11.8 Å². The molecule has 7 nitrogen and oxygen atoms in total. The molecule has 0 bridgehead atoms. The molecule has 4 aromatic rings. The summed E-state index contributed by atoms with van der Waals surface area (Å²) in [7, 11) is 0. The largest absolute Gasteiger partial charge is 0.494 e. The number of ether oxygens (including phenoxy) is 3. The van der Waals surface area contributed by atoms with Gasteiger partial charge in [-0.1, -0.05) is 69.7 Å². The van der Waals surface area contributed by atoms with E-state index in [1.807, 2.05) is 93.6 Å². The number of nitrogens with zero attached hydrogens (tertiary/aromatic N) is 2. The molecule has 222 valence electrons. The number of hydrogen-bond acceptors (Lipinski definition) is 7. The number of esters is 1. The summed E-state index contributed by atoms with van der Waals surface area (Å²) in [6.45, 7) is 8.33. The lowest BCUT2D eigenvalue weighted by molar-refractivity contribution is -0.138. The van der Waals surface area contributed by atoms with E-state index >= 15 is 0 Å². The third kappa shape index (κ3) is 6.66. The van der Waals surface area contributed by atoms with Crippen molar-refractivity contribution in [2.24, 2.45) is 4.99 Å². The van der Waals surface area contributed by atoms with Gasteiger partial charge in [0.05, 0.1) is 44.7 Å². The summed E-state index contributed by atoms with van der Waals surface area (Å²) in [5.41, 5.74) is 2.78. The summed E-state index contributed by atoms with van der Waals surface area (Å²) >= 11 is 7.10. The number of halogens is 2. The summed E-state index contributed by atoms with van der Waals surface area (Å²) in [5.74, 6) is 0.878. The Morgan fingerprint density at radius 3 is 2.47 bits per heavy atom. The normalized spacial score (nSPS) is 14.9. The van der Waals surface area contributed by atoms with Crippen molar-refractivity contribution in [2.75, 3.05) is 13.2 Å². The van der Waals surface area contributed by atoms with E-state index in [0.29, 0.717) is 38.7 Å². The van der Waals surface area contributed by atoms with E-state index in [-0.39, 0.29) is 18.3 Å². The van der Waals surface area contributed by atoms with Crippen molar-refractivity contribution in [3.05, 3.63) is 117 Å². The molecule has 0 amide bonds. The van der Waals surface area contributed by atoms with E-state index in [2.05, 4.69) is 38.5 Å². The molecule has 1 aliphatic rings. The van der Waals surface area contributed by atoms with E-state index in [4.69, 9.17) is 19.2 Å². The molecule has 1 atom stereocenters. The van der Waals surface area contributed by atoms with Gasteiger partial charge in [0, 0.05) is 15.6 Å². The minimum absolute atomic E-state index is 0.0525. The molecule has 0 fully saturated rings. The van der Waals surface area contributed by atoms with Crippen LogP contribution in [0.3, 0.4) is 0 Å². The first-order chi connectivity index (χ1) is 20.7. The fourth-order valence-electron chi connectivity index (χ4n) is 4.86. The molecule has 3 aromatic carbocycles. The second kappa shape index (κ2) is 13.6. The second-order valence-electron chi connectivity index (χ2n) is 9.91. The quantitative estimate of drug-likeness (QED) is 0.144. The van der Waals surface area contributed by atoms with Gasteiger partial charge in [0.15, 0.2) is 4.80 Å². The lowest BCUT2D eigenvalue weighted by atomic mass is 9.93. The Kier molecular flexibility index (Phi) is 9.88. The molecular weight excluding hydrogens is 743 g/mol. The Morgan fingerprint density at radius 1 is 1.09 bits per heavy atom. The van der Waals surface area contributed by atoms with Crippen LogP contribution in [0, 0.1) is 3.57 Å². The molecule has 0 aliphatic carbocycles. The molecule has 1 aliphatic heterocycles. The van der Waals surface area contributed by atoms with Crippen LogP contribution >= 0.6 is 49.9 Å². The highest BCUT2D eigenvalue weighted by molar-refractivity contribution is 14.1. The maximum atomic E-state index is 14.3. The van der Waals surface area contributed by atoms with Gasteiger partial charge in [-0.25, -0.2) is 9.79 Å². The lowest BCUT2D eigenvalue weighted by Crippen LogP contribution is -2.40. The molecule has 0 saturated heterocycles. The number of thiazole rings is 1. The predicted molar refractivity (Wildman–Crippen MR) is 181 cm³/mol. The van der Waals surface area contributed by atoms with Gasteiger partial charge in [0.25, 0.3) is 5.56 Å². The third-order valence-corrected chi connectivity index (χ3v) is 8.80. The van der Waals surface area contributed by atoms with Gasteiger partial charge in [-0.3, -0.25) is 9.36 Å². The molecule has 43 heavy (non-hydrogen) atoms. The summed E-state index contributed by atoms with van der Waals surface area (Å²) in [4.78, 5) is 33.4. The summed E-state index contributed by atoms with van der Waals surface area (Å²) < 4.78 is 21.2. The summed E-state index contributed by atoms with van der Waals surface area (Å²) in [5, 5.41) is 0. The zero-order valence-corrected chi connectivity index (χ0v) is 28.7. The highest BCUT2D eigenvalue weighted by Crippen LogP contribution is 2.36. The van der Waals surface area contributed by atoms with Crippen LogP contribution in [0.2, 0.25) is 0 Å². The van der Waals surface area contributed by atoms with E-state index in [9.17, 15) is 9.59 Å². The molecule has 0 spiro atoms. The molecule has 0 saturated carbocycles. The van der Waals surface area contributed by atoms with Gasteiger partial charge in [0.1, 0.15) is 11.5 Å². The molecule has 0 unspecified atom stereocenters. The number of carbonyl (C=O) groups is 1. The van der Waals surface area contributed by atoms with Crippen LogP contribution in [0.1, 0.15) is 50.4 Å². The first-order valence-electron chi connectivity index (χ1n) is 13.9. The van der Waals surface area contributed by atoms with Crippen molar-refractivity contribution in [3.63, 3.8) is 0 Å². The fraction of sp³-hybridized carbons (Fsp3) is 0.242. The van der Waals surface area contributed by atoms with Crippen LogP contribution in [0.5, 0.6) is 11.5 Å². The standard InChI is InChI=1S/C33H30BrIN2O5S/c1-5-40-24-14-12-21(13-15-24)29-27(32(39)41-6-2)28(20-10-8-7-9-11-20)36-33-37(29)31(38)26(43-33)17-22-16-23(34)18-25(35)30(22)42-19(3)4/h7-19,29H,5-6H2,1-4H3/b26-17-/t29-/m1/s1. The number of aromatic nitrogens is 1. The van der Waals surface area contributed by atoms with Crippen molar-refractivity contribution in [1.29, 1.82) is 0 Å². The van der Waals surface area contributed by atoms with E-state index in [1.54, 1.807) is 11.5 Å². The van der Waals surface area contributed by atoms with Gasteiger partial charge >= 0.3 is 5.97 Å². The number of rotatable bonds is 9. The smallest absolute Gasteiger partial charge is 0.338 e. The maximum Gasteiger partial charge on any atom is 0.338 e. The zero-order chi connectivity index (χ0) is 30.7. The van der Waals surface area contributed by atoms with Crippen LogP contribution in [0.15, 0.2) is 86.6 Å². The van der Waals surface area contributed by atoms with Gasteiger partial charge in [-0.15, -0.1) is 0 Å². The molecule has 0 N–H and O–H groups in total. The maximum absolute atomic E-state index is 14.3. The first kappa shape index (κ1) is 31.2. The average Bonchev–Trinajstić information content (AvgIpc) is 3.29. The van der Waals surface area contributed by atoms with E-state index in [1.165, 1.54) is 11.3 Å². The Labute approximate surface area is 275 Å². The van der Waals surface area contributed by atoms with Crippen molar-refractivity contribution in [1.82, 2.24) is 4.57 Å². The van der Waals surface area contributed by atoms with Gasteiger partial charge in [0.2, 0.25) is 0 Å². The van der Waals surface area contributed by atoms with Crippen LogP contribution in [-0.4, -0.2) is 29.9 Å². The number of carbonyl (C=O) groups excluding carboxylic acids is 1. The van der Waals surface area contributed by atoms with E-state index < -0.39 is 12.0 Å². The van der Waals surface area contributed by atoms with Crippen LogP contribution in [-0.2, 0) is 9.53 Å². The van der Waals surface area contributed by atoms with Crippen molar-refractivity contribution < 1.29 is 19.0 Å². The van der Waals surface area contributed by atoms with Crippen LogP contribution < -0.4 is 24.4 Å². The minimum atomic E-state index is -0.766. The Bertz CT molecular complexity index is 1860. The molecule has 2 heterocycles. The third-order valence-electron chi connectivity index (χ3n) is 6.56. The minimum Gasteiger partial charge on any atom is -0.494 e. The van der Waals surface area contributed by atoms with Gasteiger partial charge < -0.3 is 14.2 Å². The number of hydrogen-bond donors (Lipinski definition) is 0. The number of benzene rings is 3. The average molecular weight is 773 g/mol. The Morgan fingerprint density at radius 2 is 1.81 bits per heavy atom. The second-order valence-corrected chi connectivity index (χ2v) is 13.0. The van der Waals surface area contributed by atoms with Gasteiger partial charge in [-0.05, 0) is 86.2 Å². The van der Waals surface area contributed by atoms with Crippen molar-refractivity contribution in [3.8, 4) is 11.5 Å². The monoisotopic (exact) mass is 772 g/mol. The molecule has 10 heteroatoms. The van der Waals surface area contributed by atoms with Crippen molar-refractivity contribution in [2.45, 2.75) is 39.8 Å². The van der Waals surface area contributed by atoms with Crippen LogP contribution in [0.4, 0.5) is 0 Å². The Hall–Kier alpha value is -3.22. The van der Waals surface area contributed by atoms with Crippen molar-refractivity contribution >= 4 is 67.6 Å². The van der Waals surface area contributed by atoms with E-state index in [0.717, 1.165) is 24.7 Å². The zero-order valence-electron chi connectivity index (χ0n) is 24.1. The molecular formula is C33H30BrIN2O5S.